The zero-order valence-electron chi connectivity index (χ0n) is 11.3. The van der Waals surface area contributed by atoms with Crippen molar-refractivity contribution in [1.29, 1.82) is 0 Å². The van der Waals surface area contributed by atoms with Crippen LogP contribution in [-0.2, 0) is 9.47 Å². The first kappa shape index (κ1) is 15.0. The van der Waals surface area contributed by atoms with Gasteiger partial charge < -0.3 is 19.9 Å². The number of phenols is 1. The Morgan fingerprint density at radius 2 is 1.89 bits per heavy atom. The maximum Gasteiger partial charge on any atom is 0.169 e. The van der Waals surface area contributed by atoms with E-state index in [2.05, 4.69) is 5.32 Å². The Bertz CT molecular complexity index is 338. The van der Waals surface area contributed by atoms with E-state index in [0.29, 0.717) is 19.8 Å². The van der Waals surface area contributed by atoms with Crippen molar-refractivity contribution in [3.05, 3.63) is 29.8 Å². The summed E-state index contributed by atoms with van der Waals surface area (Å²) in [4.78, 5) is 0. The smallest absolute Gasteiger partial charge is 0.169 e. The van der Waals surface area contributed by atoms with Crippen molar-refractivity contribution in [2.24, 2.45) is 0 Å². The van der Waals surface area contributed by atoms with Gasteiger partial charge in [-0.25, -0.2) is 0 Å². The number of rotatable bonds is 8. The van der Waals surface area contributed by atoms with Gasteiger partial charge >= 0.3 is 0 Å². The van der Waals surface area contributed by atoms with Crippen LogP contribution in [0.2, 0.25) is 0 Å². The van der Waals surface area contributed by atoms with Gasteiger partial charge in [0.25, 0.3) is 0 Å². The molecule has 0 aliphatic heterocycles. The quantitative estimate of drug-likeness (QED) is 0.699. The molecule has 18 heavy (non-hydrogen) atoms. The van der Waals surface area contributed by atoms with Gasteiger partial charge in [-0.3, -0.25) is 0 Å². The number of phenolic OH excluding ortho intramolecular Hbond substituents is 1. The molecular formula is C14H23NO3. The van der Waals surface area contributed by atoms with Gasteiger partial charge in [-0.2, -0.15) is 0 Å². The Kier molecular flexibility index (Phi) is 6.72. The number of aromatic hydroxyl groups is 1. The van der Waals surface area contributed by atoms with Crippen LogP contribution in [0.3, 0.4) is 0 Å². The first-order valence-corrected chi connectivity index (χ1v) is 6.42. The Balaban J connectivity index is 2.46. The maximum absolute atomic E-state index is 9.43. The summed E-state index contributed by atoms with van der Waals surface area (Å²) in [7, 11) is 0. The zero-order valence-corrected chi connectivity index (χ0v) is 11.3. The van der Waals surface area contributed by atoms with Gasteiger partial charge in [0.1, 0.15) is 5.75 Å². The molecule has 0 aromatic heterocycles. The molecule has 0 bridgehead atoms. The molecule has 0 saturated heterocycles. The zero-order chi connectivity index (χ0) is 13.4. The molecule has 0 spiro atoms. The van der Waals surface area contributed by atoms with E-state index in [4.69, 9.17) is 9.47 Å². The standard InChI is InChI=1S/C14H23NO3/c1-4-17-14(18-5-2)10-15-11(3)12-7-6-8-13(16)9-12/h6-9,11,14-16H,4-5,10H2,1-3H3. The Morgan fingerprint density at radius 1 is 1.22 bits per heavy atom. The molecule has 0 aliphatic rings. The van der Waals surface area contributed by atoms with E-state index in [9.17, 15) is 5.11 Å². The molecular weight excluding hydrogens is 230 g/mol. The van der Waals surface area contributed by atoms with Crippen molar-refractivity contribution in [2.75, 3.05) is 19.8 Å². The van der Waals surface area contributed by atoms with Gasteiger partial charge in [-0.1, -0.05) is 12.1 Å². The molecule has 102 valence electrons. The van der Waals surface area contributed by atoms with Gasteiger partial charge in [0.05, 0.1) is 0 Å². The summed E-state index contributed by atoms with van der Waals surface area (Å²) >= 11 is 0. The average Bonchev–Trinajstić information content (AvgIpc) is 2.36. The fourth-order valence-electron chi connectivity index (χ4n) is 1.72. The minimum atomic E-state index is -0.222. The predicted octanol–water partition coefficient (Wildman–Crippen LogP) is 2.44. The Hall–Kier alpha value is -1.10. The van der Waals surface area contributed by atoms with Crippen LogP contribution in [-0.4, -0.2) is 31.2 Å². The van der Waals surface area contributed by atoms with Crippen LogP contribution in [0.25, 0.3) is 0 Å². The molecule has 1 atom stereocenters. The van der Waals surface area contributed by atoms with E-state index < -0.39 is 0 Å². The number of hydrogen-bond acceptors (Lipinski definition) is 4. The van der Waals surface area contributed by atoms with Crippen molar-refractivity contribution >= 4 is 0 Å². The monoisotopic (exact) mass is 253 g/mol. The topological polar surface area (TPSA) is 50.7 Å². The summed E-state index contributed by atoms with van der Waals surface area (Å²) < 4.78 is 10.9. The third kappa shape index (κ3) is 5.04. The van der Waals surface area contributed by atoms with Gasteiger partial charge in [0, 0.05) is 25.8 Å². The van der Waals surface area contributed by atoms with Gasteiger partial charge in [0.2, 0.25) is 0 Å². The number of hydrogen-bond donors (Lipinski definition) is 2. The van der Waals surface area contributed by atoms with Crippen molar-refractivity contribution in [1.82, 2.24) is 5.32 Å². The SMILES string of the molecule is CCOC(CNC(C)c1cccc(O)c1)OCC. The van der Waals surface area contributed by atoms with E-state index in [0.717, 1.165) is 5.56 Å². The van der Waals surface area contributed by atoms with Crippen molar-refractivity contribution in [3.63, 3.8) is 0 Å². The van der Waals surface area contributed by atoms with E-state index in [1.54, 1.807) is 12.1 Å². The Morgan fingerprint density at radius 3 is 2.44 bits per heavy atom. The molecule has 0 amide bonds. The first-order valence-electron chi connectivity index (χ1n) is 6.42. The fraction of sp³-hybridized carbons (Fsp3) is 0.571. The summed E-state index contributed by atoms with van der Waals surface area (Å²) in [5, 5.41) is 12.8. The lowest BCUT2D eigenvalue weighted by Gasteiger charge is -2.21. The molecule has 4 nitrogen and oxygen atoms in total. The van der Waals surface area contributed by atoms with E-state index in [1.807, 2.05) is 32.9 Å². The van der Waals surface area contributed by atoms with Crippen LogP contribution < -0.4 is 5.32 Å². The highest BCUT2D eigenvalue weighted by atomic mass is 16.7. The van der Waals surface area contributed by atoms with Crippen LogP contribution >= 0.6 is 0 Å². The van der Waals surface area contributed by atoms with Crippen molar-refractivity contribution in [2.45, 2.75) is 33.1 Å². The van der Waals surface area contributed by atoms with Crippen molar-refractivity contribution < 1.29 is 14.6 Å². The summed E-state index contributed by atoms with van der Waals surface area (Å²) in [5.41, 5.74) is 1.04. The highest BCUT2D eigenvalue weighted by Gasteiger charge is 2.11. The average molecular weight is 253 g/mol. The third-order valence-corrected chi connectivity index (χ3v) is 2.67. The largest absolute Gasteiger partial charge is 0.508 e. The Labute approximate surface area is 109 Å². The lowest BCUT2D eigenvalue weighted by molar-refractivity contribution is -0.133. The number of ether oxygens (including phenoxy) is 2. The van der Waals surface area contributed by atoms with Crippen LogP contribution in [0, 0.1) is 0 Å². The second kappa shape index (κ2) is 8.08. The number of nitrogens with one attached hydrogen (secondary N) is 1. The van der Waals surface area contributed by atoms with Crippen LogP contribution in [0.1, 0.15) is 32.4 Å². The minimum absolute atomic E-state index is 0.139. The van der Waals surface area contributed by atoms with Gasteiger partial charge in [-0.05, 0) is 38.5 Å². The van der Waals surface area contributed by atoms with Gasteiger partial charge in [-0.15, -0.1) is 0 Å². The lowest BCUT2D eigenvalue weighted by Crippen LogP contribution is -2.33. The summed E-state index contributed by atoms with van der Waals surface area (Å²) in [5.74, 6) is 0.285. The normalized spacial score (nSPS) is 12.9. The van der Waals surface area contributed by atoms with E-state index in [1.165, 1.54) is 0 Å². The summed E-state index contributed by atoms with van der Waals surface area (Å²) in [6.45, 7) is 7.83. The summed E-state index contributed by atoms with van der Waals surface area (Å²) in [6, 6.07) is 7.38. The molecule has 1 rings (SSSR count). The molecule has 0 saturated carbocycles. The second-order valence-electron chi connectivity index (χ2n) is 4.07. The van der Waals surface area contributed by atoms with E-state index in [-0.39, 0.29) is 18.1 Å². The van der Waals surface area contributed by atoms with E-state index >= 15 is 0 Å². The molecule has 0 fully saturated rings. The second-order valence-corrected chi connectivity index (χ2v) is 4.07. The predicted molar refractivity (Wildman–Crippen MR) is 71.6 cm³/mol. The van der Waals surface area contributed by atoms with Crippen molar-refractivity contribution in [3.8, 4) is 5.75 Å². The molecule has 0 heterocycles. The molecule has 2 N–H and O–H groups in total. The van der Waals surface area contributed by atoms with Crippen LogP contribution in [0.15, 0.2) is 24.3 Å². The fourth-order valence-corrected chi connectivity index (χ4v) is 1.72. The molecule has 1 aromatic rings. The highest BCUT2D eigenvalue weighted by Crippen LogP contribution is 2.17. The molecule has 1 unspecified atom stereocenters. The third-order valence-electron chi connectivity index (χ3n) is 2.67. The molecule has 0 aliphatic carbocycles. The first-order chi connectivity index (χ1) is 8.67. The molecule has 0 radical (unpaired) electrons. The summed E-state index contributed by atoms with van der Waals surface area (Å²) in [6.07, 6.45) is -0.222. The highest BCUT2D eigenvalue weighted by molar-refractivity contribution is 5.28. The minimum Gasteiger partial charge on any atom is -0.508 e. The van der Waals surface area contributed by atoms with Crippen LogP contribution in [0.4, 0.5) is 0 Å². The molecule has 4 heteroatoms. The molecule has 1 aromatic carbocycles. The van der Waals surface area contributed by atoms with Crippen LogP contribution in [0.5, 0.6) is 5.75 Å². The lowest BCUT2D eigenvalue weighted by atomic mass is 10.1. The maximum atomic E-state index is 9.43. The number of benzene rings is 1. The van der Waals surface area contributed by atoms with Gasteiger partial charge in [0.15, 0.2) is 6.29 Å².